The van der Waals surface area contributed by atoms with E-state index >= 15 is 0 Å². The van der Waals surface area contributed by atoms with Gasteiger partial charge in [-0.05, 0) is 55.6 Å². The molecule has 2 heterocycles. The minimum atomic E-state index is -0.833. The Balaban J connectivity index is 0.000000640. The Bertz CT molecular complexity index is 697. The van der Waals surface area contributed by atoms with Crippen LogP contribution in [-0.4, -0.2) is 67.6 Å². The number of ether oxygens (including phenoxy) is 1. The molecule has 0 spiro atoms. The first-order valence-electron chi connectivity index (χ1n) is 9.53. The highest BCUT2D eigenvalue weighted by molar-refractivity contribution is 5.95. The number of aliphatic carboxylic acids is 1. The SMILES string of the molecule is CC(=O)O.COc1ccc(C(=O)N2CCNC(=O)CC2)cc1CC1CCNC1. The molecule has 2 aliphatic rings. The second kappa shape index (κ2) is 10.7. The van der Waals surface area contributed by atoms with E-state index in [0.29, 0.717) is 37.5 Å². The first-order chi connectivity index (χ1) is 13.4. The molecule has 1 atom stereocenters. The zero-order valence-electron chi connectivity index (χ0n) is 16.5. The fraction of sp³-hybridized carbons (Fsp3) is 0.550. The van der Waals surface area contributed by atoms with Gasteiger partial charge in [-0.3, -0.25) is 14.4 Å². The van der Waals surface area contributed by atoms with Crippen molar-refractivity contribution in [2.45, 2.75) is 26.2 Å². The molecular formula is C20H29N3O5. The second-order valence-corrected chi connectivity index (χ2v) is 7.00. The summed E-state index contributed by atoms with van der Waals surface area (Å²) >= 11 is 0. The number of carboxylic acids is 1. The topological polar surface area (TPSA) is 108 Å². The fourth-order valence-electron chi connectivity index (χ4n) is 3.42. The van der Waals surface area contributed by atoms with Crippen molar-refractivity contribution in [3.8, 4) is 5.75 Å². The Morgan fingerprint density at radius 2 is 2.04 bits per heavy atom. The number of hydrogen-bond donors (Lipinski definition) is 3. The van der Waals surface area contributed by atoms with E-state index in [2.05, 4.69) is 10.6 Å². The molecule has 8 heteroatoms. The predicted molar refractivity (Wildman–Crippen MR) is 105 cm³/mol. The molecule has 3 rings (SSSR count). The van der Waals surface area contributed by atoms with E-state index in [-0.39, 0.29) is 11.8 Å². The lowest BCUT2D eigenvalue weighted by molar-refractivity contribution is -0.134. The lowest BCUT2D eigenvalue weighted by Gasteiger charge is -2.21. The molecule has 0 aromatic heterocycles. The molecule has 2 amide bonds. The number of amides is 2. The van der Waals surface area contributed by atoms with E-state index in [9.17, 15) is 9.59 Å². The molecule has 28 heavy (non-hydrogen) atoms. The van der Waals surface area contributed by atoms with E-state index in [1.54, 1.807) is 12.0 Å². The van der Waals surface area contributed by atoms with E-state index < -0.39 is 5.97 Å². The Morgan fingerprint density at radius 1 is 1.29 bits per heavy atom. The van der Waals surface area contributed by atoms with Crippen LogP contribution >= 0.6 is 0 Å². The van der Waals surface area contributed by atoms with Crippen LogP contribution in [0.4, 0.5) is 0 Å². The summed E-state index contributed by atoms with van der Waals surface area (Å²) in [5, 5.41) is 13.6. The van der Waals surface area contributed by atoms with Crippen molar-refractivity contribution < 1.29 is 24.2 Å². The molecule has 0 radical (unpaired) electrons. The number of carboxylic acid groups (broad SMARTS) is 1. The molecular weight excluding hydrogens is 362 g/mol. The third-order valence-corrected chi connectivity index (χ3v) is 4.80. The van der Waals surface area contributed by atoms with Gasteiger partial charge in [-0.25, -0.2) is 0 Å². The maximum Gasteiger partial charge on any atom is 0.300 e. The predicted octanol–water partition coefficient (Wildman–Crippen LogP) is 0.900. The normalized spacial score (nSPS) is 19.1. The minimum absolute atomic E-state index is 0.00875. The summed E-state index contributed by atoms with van der Waals surface area (Å²) in [6.07, 6.45) is 2.43. The maximum atomic E-state index is 12.8. The number of nitrogens with zero attached hydrogens (tertiary/aromatic N) is 1. The van der Waals surface area contributed by atoms with Gasteiger partial charge in [-0.1, -0.05) is 0 Å². The maximum absolute atomic E-state index is 12.8. The Kier molecular flexibility index (Phi) is 8.25. The highest BCUT2D eigenvalue weighted by Crippen LogP contribution is 2.26. The van der Waals surface area contributed by atoms with E-state index in [4.69, 9.17) is 14.6 Å². The third-order valence-electron chi connectivity index (χ3n) is 4.80. The van der Waals surface area contributed by atoms with Gasteiger partial charge in [0.25, 0.3) is 11.9 Å². The van der Waals surface area contributed by atoms with Crippen LogP contribution in [0.15, 0.2) is 18.2 Å². The number of methoxy groups -OCH3 is 1. The second-order valence-electron chi connectivity index (χ2n) is 7.00. The summed E-state index contributed by atoms with van der Waals surface area (Å²) in [6, 6.07) is 5.66. The standard InChI is InChI=1S/C18H25N3O3.C2H4O2/c1-24-16-3-2-14(11-15(16)10-13-4-6-19-12-13)18(23)21-8-5-17(22)20-7-9-21;1-2(3)4/h2-3,11,13,19H,4-10,12H2,1H3,(H,20,22);1H3,(H,3,4). The number of rotatable bonds is 4. The van der Waals surface area contributed by atoms with Crippen LogP contribution in [0.5, 0.6) is 5.75 Å². The molecule has 0 aliphatic carbocycles. The molecule has 1 unspecified atom stereocenters. The van der Waals surface area contributed by atoms with Crippen molar-refractivity contribution in [2.75, 3.05) is 39.8 Å². The van der Waals surface area contributed by atoms with Gasteiger partial charge in [0.05, 0.1) is 7.11 Å². The minimum Gasteiger partial charge on any atom is -0.496 e. The Morgan fingerprint density at radius 3 is 2.68 bits per heavy atom. The van der Waals surface area contributed by atoms with Crippen molar-refractivity contribution in [1.29, 1.82) is 0 Å². The summed E-state index contributed by atoms with van der Waals surface area (Å²) < 4.78 is 5.47. The van der Waals surface area contributed by atoms with Crippen LogP contribution in [-0.2, 0) is 16.0 Å². The van der Waals surface area contributed by atoms with Gasteiger partial charge in [0.15, 0.2) is 0 Å². The van der Waals surface area contributed by atoms with Crippen molar-refractivity contribution in [3.05, 3.63) is 29.3 Å². The summed E-state index contributed by atoms with van der Waals surface area (Å²) in [5.74, 6) is 0.588. The smallest absolute Gasteiger partial charge is 0.300 e. The van der Waals surface area contributed by atoms with E-state index in [1.807, 2.05) is 18.2 Å². The average molecular weight is 391 g/mol. The molecule has 0 bridgehead atoms. The average Bonchev–Trinajstić information content (AvgIpc) is 3.07. The van der Waals surface area contributed by atoms with Crippen LogP contribution < -0.4 is 15.4 Å². The van der Waals surface area contributed by atoms with Gasteiger partial charge in [-0.15, -0.1) is 0 Å². The Labute approximate surface area is 165 Å². The lowest BCUT2D eigenvalue weighted by atomic mass is 9.96. The van der Waals surface area contributed by atoms with E-state index in [1.165, 1.54) is 0 Å². The van der Waals surface area contributed by atoms with Gasteiger partial charge < -0.3 is 25.4 Å². The lowest BCUT2D eigenvalue weighted by Crippen LogP contribution is -2.34. The highest BCUT2D eigenvalue weighted by Gasteiger charge is 2.22. The highest BCUT2D eigenvalue weighted by atomic mass is 16.5. The largest absolute Gasteiger partial charge is 0.496 e. The van der Waals surface area contributed by atoms with E-state index in [0.717, 1.165) is 44.2 Å². The number of carbonyl (C=O) groups is 3. The zero-order valence-corrected chi connectivity index (χ0v) is 16.5. The molecule has 154 valence electrons. The first kappa shape index (κ1) is 21.7. The van der Waals surface area contributed by atoms with Gasteiger partial charge in [-0.2, -0.15) is 0 Å². The van der Waals surface area contributed by atoms with Crippen molar-refractivity contribution in [2.24, 2.45) is 5.92 Å². The van der Waals surface area contributed by atoms with Crippen LogP contribution in [0.25, 0.3) is 0 Å². The van der Waals surface area contributed by atoms with Crippen LogP contribution in [0.2, 0.25) is 0 Å². The third kappa shape index (κ3) is 6.53. The van der Waals surface area contributed by atoms with Crippen molar-refractivity contribution >= 4 is 17.8 Å². The molecule has 1 aromatic rings. The van der Waals surface area contributed by atoms with Crippen molar-refractivity contribution in [1.82, 2.24) is 15.5 Å². The van der Waals surface area contributed by atoms with Crippen LogP contribution in [0.1, 0.15) is 35.7 Å². The molecule has 3 N–H and O–H groups in total. The van der Waals surface area contributed by atoms with Gasteiger partial charge in [0.2, 0.25) is 5.91 Å². The first-order valence-corrected chi connectivity index (χ1v) is 9.53. The molecule has 8 nitrogen and oxygen atoms in total. The zero-order chi connectivity index (χ0) is 20.5. The fourth-order valence-corrected chi connectivity index (χ4v) is 3.42. The molecule has 2 aliphatic heterocycles. The summed E-state index contributed by atoms with van der Waals surface area (Å²) in [4.78, 5) is 35.0. The monoisotopic (exact) mass is 391 g/mol. The molecule has 2 fully saturated rings. The number of hydrogen-bond acceptors (Lipinski definition) is 5. The number of carbonyl (C=O) groups excluding carboxylic acids is 2. The quantitative estimate of drug-likeness (QED) is 0.704. The molecule has 2 saturated heterocycles. The van der Waals surface area contributed by atoms with Crippen LogP contribution in [0.3, 0.4) is 0 Å². The number of nitrogens with one attached hydrogen (secondary N) is 2. The van der Waals surface area contributed by atoms with Gasteiger partial charge >= 0.3 is 0 Å². The Hall–Kier alpha value is -2.61. The molecule has 0 saturated carbocycles. The number of benzene rings is 1. The summed E-state index contributed by atoms with van der Waals surface area (Å²) in [6.45, 7) is 4.69. The molecule has 1 aromatic carbocycles. The van der Waals surface area contributed by atoms with Crippen molar-refractivity contribution in [3.63, 3.8) is 0 Å². The summed E-state index contributed by atoms with van der Waals surface area (Å²) in [7, 11) is 1.67. The van der Waals surface area contributed by atoms with Gasteiger partial charge in [0.1, 0.15) is 5.75 Å². The van der Waals surface area contributed by atoms with Gasteiger partial charge in [0, 0.05) is 38.5 Å². The van der Waals surface area contributed by atoms with Crippen LogP contribution in [0, 0.1) is 5.92 Å². The summed E-state index contributed by atoms with van der Waals surface area (Å²) in [5.41, 5.74) is 1.76.